The number of aromatic nitrogens is 5. The Kier molecular flexibility index (Phi) is 3.05. The Morgan fingerprint density at radius 1 is 1.43 bits per heavy atom. The summed E-state index contributed by atoms with van der Waals surface area (Å²) in [7, 11) is 1.83. The predicted octanol–water partition coefficient (Wildman–Crippen LogP) is 1.33. The summed E-state index contributed by atoms with van der Waals surface area (Å²) in [5.74, 6) is -0.0334. The summed E-state index contributed by atoms with van der Waals surface area (Å²) in [6, 6.07) is 5.10. The van der Waals surface area contributed by atoms with Gasteiger partial charge in [-0.15, -0.1) is 10.2 Å². The van der Waals surface area contributed by atoms with Gasteiger partial charge in [-0.2, -0.15) is 0 Å². The molecule has 0 amide bonds. The van der Waals surface area contributed by atoms with Gasteiger partial charge in [0.1, 0.15) is 12.0 Å². The van der Waals surface area contributed by atoms with Crippen LogP contribution in [0.15, 0.2) is 30.7 Å². The van der Waals surface area contributed by atoms with Crippen molar-refractivity contribution in [1.82, 2.24) is 24.1 Å². The summed E-state index contributed by atoms with van der Waals surface area (Å²) in [5, 5.41) is 20.3. The zero-order chi connectivity index (χ0) is 15.0. The van der Waals surface area contributed by atoms with E-state index in [-0.39, 0.29) is 11.7 Å². The maximum atomic E-state index is 11.5. The molecule has 0 radical (unpaired) electrons. The zero-order valence-electron chi connectivity index (χ0n) is 11.6. The average molecular weight is 286 g/mol. The fourth-order valence-electron chi connectivity index (χ4n) is 2.25. The molecular weight excluding hydrogens is 272 g/mol. The lowest BCUT2D eigenvalue weighted by molar-refractivity contribution is 0.0690. The Balaban J connectivity index is 2.02. The van der Waals surface area contributed by atoms with E-state index in [2.05, 4.69) is 20.5 Å². The molecule has 3 heterocycles. The number of pyridine rings is 1. The van der Waals surface area contributed by atoms with Crippen LogP contribution >= 0.6 is 0 Å². The molecule has 0 fully saturated rings. The van der Waals surface area contributed by atoms with Crippen LogP contribution < -0.4 is 5.32 Å². The highest BCUT2D eigenvalue weighted by atomic mass is 16.4. The molecule has 0 spiro atoms. The van der Waals surface area contributed by atoms with Crippen LogP contribution in [0.25, 0.3) is 5.65 Å². The van der Waals surface area contributed by atoms with E-state index in [1.54, 1.807) is 29.2 Å². The van der Waals surface area contributed by atoms with Crippen molar-refractivity contribution >= 4 is 17.4 Å². The number of anilines is 1. The number of carboxylic acids is 1. The number of carbonyl (C=O) groups is 1. The summed E-state index contributed by atoms with van der Waals surface area (Å²) in [6.07, 6.45) is 3.26. The van der Waals surface area contributed by atoms with Crippen LogP contribution in [0, 0.1) is 0 Å². The van der Waals surface area contributed by atoms with Gasteiger partial charge in [-0.3, -0.25) is 4.40 Å². The topological polar surface area (TPSA) is 97.3 Å². The van der Waals surface area contributed by atoms with Gasteiger partial charge in [0.15, 0.2) is 17.3 Å². The number of aromatic carboxylic acids is 1. The molecule has 0 aliphatic carbocycles. The van der Waals surface area contributed by atoms with Crippen LogP contribution in [0.3, 0.4) is 0 Å². The predicted molar refractivity (Wildman–Crippen MR) is 75.2 cm³/mol. The number of aryl methyl sites for hydroxylation is 1. The Bertz CT molecular complexity index is 806. The van der Waals surface area contributed by atoms with Crippen molar-refractivity contribution in [2.24, 2.45) is 7.05 Å². The molecule has 8 heteroatoms. The molecule has 3 aromatic heterocycles. The van der Waals surface area contributed by atoms with E-state index in [0.717, 1.165) is 0 Å². The van der Waals surface area contributed by atoms with Gasteiger partial charge >= 0.3 is 5.97 Å². The van der Waals surface area contributed by atoms with Crippen molar-refractivity contribution in [3.8, 4) is 0 Å². The van der Waals surface area contributed by atoms with E-state index >= 15 is 0 Å². The van der Waals surface area contributed by atoms with Crippen LogP contribution in [-0.4, -0.2) is 35.2 Å². The third-order valence-corrected chi connectivity index (χ3v) is 3.22. The van der Waals surface area contributed by atoms with Crippen LogP contribution in [0.2, 0.25) is 0 Å². The highest BCUT2D eigenvalue weighted by Gasteiger charge is 2.21. The number of hydrogen-bond acceptors (Lipinski definition) is 5. The molecule has 8 nitrogen and oxygen atoms in total. The molecule has 0 bridgehead atoms. The summed E-state index contributed by atoms with van der Waals surface area (Å²) in [6.45, 7) is 1.87. The monoisotopic (exact) mass is 286 g/mol. The molecule has 3 aromatic rings. The molecule has 1 atom stereocenters. The Morgan fingerprint density at radius 2 is 2.24 bits per heavy atom. The van der Waals surface area contributed by atoms with Crippen molar-refractivity contribution in [1.29, 1.82) is 0 Å². The first-order valence-corrected chi connectivity index (χ1v) is 6.38. The van der Waals surface area contributed by atoms with Crippen LogP contribution in [0.1, 0.15) is 29.3 Å². The largest absolute Gasteiger partial charge is 0.476 e. The van der Waals surface area contributed by atoms with Crippen molar-refractivity contribution in [3.63, 3.8) is 0 Å². The van der Waals surface area contributed by atoms with Gasteiger partial charge in [0.25, 0.3) is 0 Å². The van der Waals surface area contributed by atoms with Gasteiger partial charge in [-0.25, -0.2) is 9.78 Å². The van der Waals surface area contributed by atoms with Crippen molar-refractivity contribution in [2.45, 2.75) is 13.0 Å². The number of nitrogens with zero attached hydrogens (tertiary/aromatic N) is 5. The molecule has 0 aliphatic rings. The molecule has 0 aliphatic heterocycles. The van der Waals surface area contributed by atoms with Gasteiger partial charge in [0.05, 0.1) is 6.04 Å². The molecule has 21 heavy (non-hydrogen) atoms. The Labute approximate surface area is 120 Å². The smallest absolute Gasteiger partial charge is 0.356 e. The molecule has 108 valence electrons. The Hall–Kier alpha value is -2.90. The summed E-state index contributed by atoms with van der Waals surface area (Å²) >= 11 is 0. The maximum absolute atomic E-state index is 11.5. The van der Waals surface area contributed by atoms with E-state index in [4.69, 9.17) is 0 Å². The number of imidazole rings is 1. The number of rotatable bonds is 4. The summed E-state index contributed by atoms with van der Waals surface area (Å²) in [5.41, 5.74) is 0.669. The zero-order valence-corrected chi connectivity index (χ0v) is 11.6. The lowest BCUT2D eigenvalue weighted by Gasteiger charge is -2.12. The van der Waals surface area contributed by atoms with E-state index < -0.39 is 5.97 Å². The van der Waals surface area contributed by atoms with Crippen molar-refractivity contribution in [3.05, 3.63) is 42.2 Å². The van der Waals surface area contributed by atoms with E-state index in [1.807, 2.05) is 20.0 Å². The molecule has 0 saturated heterocycles. The molecule has 0 saturated carbocycles. The Morgan fingerprint density at radius 3 is 2.90 bits per heavy atom. The van der Waals surface area contributed by atoms with Crippen LogP contribution in [0.4, 0.5) is 5.82 Å². The third kappa shape index (κ3) is 2.20. The summed E-state index contributed by atoms with van der Waals surface area (Å²) in [4.78, 5) is 15.8. The van der Waals surface area contributed by atoms with Crippen molar-refractivity contribution < 1.29 is 9.90 Å². The number of hydrogen-bond donors (Lipinski definition) is 2. The highest BCUT2D eigenvalue weighted by Crippen LogP contribution is 2.22. The summed E-state index contributed by atoms with van der Waals surface area (Å²) < 4.78 is 3.31. The number of carboxylic acid groups (broad SMARTS) is 1. The second kappa shape index (κ2) is 4.89. The molecule has 3 rings (SSSR count). The van der Waals surface area contributed by atoms with E-state index in [0.29, 0.717) is 17.3 Å². The lowest BCUT2D eigenvalue weighted by Crippen LogP contribution is -2.14. The van der Waals surface area contributed by atoms with Crippen LogP contribution in [0.5, 0.6) is 0 Å². The average Bonchev–Trinajstić information content (AvgIpc) is 3.01. The second-order valence-electron chi connectivity index (χ2n) is 4.71. The van der Waals surface area contributed by atoms with E-state index in [1.165, 1.54) is 4.40 Å². The fourth-order valence-corrected chi connectivity index (χ4v) is 2.25. The van der Waals surface area contributed by atoms with Gasteiger partial charge in [0, 0.05) is 13.2 Å². The standard InChI is InChI=1S/C13H14N6O2/c1-8(12-17-14-7-18(12)2)15-11-10(13(20)21)19-6-4-3-5-9(19)16-11/h3-8,15H,1-2H3,(H,20,21). The van der Waals surface area contributed by atoms with Gasteiger partial charge in [-0.1, -0.05) is 6.07 Å². The first-order chi connectivity index (χ1) is 10.1. The molecule has 1 unspecified atom stereocenters. The van der Waals surface area contributed by atoms with Gasteiger partial charge < -0.3 is 15.0 Å². The van der Waals surface area contributed by atoms with Crippen molar-refractivity contribution in [2.75, 3.05) is 5.32 Å². The number of fused-ring (bicyclic) bond motifs is 1. The van der Waals surface area contributed by atoms with Gasteiger partial charge in [0.2, 0.25) is 0 Å². The first-order valence-electron chi connectivity index (χ1n) is 6.38. The highest BCUT2D eigenvalue weighted by molar-refractivity contribution is 5.93. The van der Waals surface area contributed by atoms with Crippen LogP contribution in [-0.2, 0) is 7.05 Å². The van der Waals surface area contributed by atoms with E-state index in [9.17, 15) is 9.90 Å². The quantitative estimate of drug-likeness (QED) is 0.751. The normalized spacial score (nSPS) is 12.5. The first kappa shape index (κ1) is 13.1. The second-order valence-corrected chi connectivity index (χ2v) is 4.71. The maximum Gasteiger partial charge on any atom is 0.356 e. The minimum atomic E-state index is -1.04. The third-order valence-electron chi connectivity index (χ3n) is 3.22. The lowest BCUT2D eigenvalue weighted by atomic mass is 10.3. The molecule has 2 N–H and O–H groups in total. The van der Waals surface area contributed by atoms with Gasteiger partial charge in [-0.05, 0) is 19.1 Å². The minimum absolute atomic E-state index is 0.0969. The fraction of sp³-hybridized carbons (Fsp3) is 0.231. The molecule has 0 aromatic carbocycles. The SMILES string of the molecule is CC(Nc1nc2ccccn2c1C(=O)O)c1nncn1C. The molecular formula is C13H14N6O2. The number of nitrogens with one attached hydrogen (secondary N) is 1. The minimum Gasteiger partial charge on any atom is -0.476 e.